The van der Waals surface area contributed by atoms with E-state index in [1.807, 2.05) is 0 Å². The van der Waals surface area contributed by atoms with Crippen molar-refractivity contribution in [2.75, 3.05) is 12.0 Å². The number of allylic oxidation sites excluding steroid dienone is 2. The van der Waals surface area contributed by atoms with E-state index in [2.05, 4.69) is 15.9 Å². The van der Waals surface area contributed by atoms with Crippen molar-refractivity contribution in [3.05, 3.63) is 122 Å². The fourth-order valence-corrected chi connectivity index (χ4v) is 6.67. The van der Waals surface area contributed by atoms with Gasteiger partial charge in [-0.2, -0.15) is 0 Å². The van der Waals surface area contributed by atoms with Crippen LogP contribution in [-0.4, -0.2) is 52.4 Å². The third kappa shape index (κ3) is 4.56. The molecule has 3 aromatic carbocycles. The van der Waals surface area contributed by atoms with E-state index < -0.39 is 46.4 Å². The standard InChI is InChI=1S/C32H24BrN3O7/c1-17-8-10-21(36(41)42)16-23(17)35-31(39)26-24-15-20(29(37)18-6-4-3-5-7-18)12-13-34(24)28(27(26)32(35)40)30(38)19-9-11-25(43-2)22(33)14-19/h3-16,24,26-28H,1-2H3. The van der Waals surface area contributed by atoms with Crippen LogP contribution in [-0.2, 0) is 9.59 Å². The number of anilines is 1. The third-order valence-corrected chi connectivity index (χ3v) is 8.82. The molecule has 4 atom stereocenters. The van der Waals surface area contributed by atoms with Gasteiger partial charge < -0.3 is 9.64 Å². The molecule has 2 fully saturated rings. The lowest BCUT2D eigenvalue weighted by Gasteiger charge is -2.33. The van der Waals surface area contributed by atoms with Gasteiger partial charge in [-0.15, -0.1) is 0 Å². The Labute approximate surface area is 254 Å². The number of hydrogen-bond acceptors (Lipinski definition) is 8. The molecule has 216 valence electrons. The van der Waals surface area contributed by atoms with Crippen molar-refractivity contribution in [1.82, 2.24) is 4.90 Å². The van der Waals surface area contributed by atoms with Gasteiger partial charge in [0.2, 0.25) is 11.8 Å². The van der Waals surface area contributed by atoms with Crippen molar-refractivity contribution < 1.29 is 28.8 Å². The highest BCUT2D eigenvalue weighted by Crippen LogP contribution is 2.48. The van der Waals surface area contributed by atoms with E-state index in [-0.39, 0.29) is 17.2 Å². The first-order chi connectivity index (χ1) is 20.6. The average Bonchev–Trinajstić information content (AvgIpc) is 3.48. The second-order valence-electron chi connectivity index (χ2n) is 10.5. The number of ether oxygens (including phenoxy) is 1. The smallest absolute Gasteiger partial charge is 0.271 e. The number of benzene rings is 3. The monoisotopic (exact) mass is 641 g/mol. The van der Waals surface area contributed by atoms with Crippen LogP contribution in [0, 0.1) is 28.9 Å². The summed E-state index contributed by atoms with van der Waals surface area (Å²) in [6.45, 7) is 1.65. The minimum atomic E-state index is -1.10. The predicted molar refractivity (Wildman–Crippen MR) is 160 cm³/mol. The molecule has 0 aromatic heterocycles. The Morgan fingerprint density at radius 2 is 1.67 bits per heavy atom. The van der Waals surface area contributed by atoms with Crippen molar-refractivity contribution in [3.63, 3.8) is 0 Å². The minimum absolute atomic E-state index is 0.0967. The Hall–Kier alpha value is -4.90. The number of aryl methyl sites for hydroxylation is 1. The summed E-state index contributed by atoms with van der Waals surface area (Å²) in [6, 6.07) is 15.6. The number of amides is 2. The fraction of sp³-hybridized carbons (Fsp3) is 0.188. The summed E-state index contributed by atoms with van der Waals surface area (Å²) in [5.74, 6) is -3.46. The second kappa shape index (κ2) is 10.7. The maximum atomic E-state index is 14.1. The first-order valence-electron chi connectivity index (χ1n) is 13.4. The molecule has 11 heteroatoms. The van der Waals surface area contributed by atoms with Gasteiger partial charge in [0, 0.05) is 35.0 Å². The molecule has 0 bridgehead atoms. The fourth-order valence-electron chi connectivity index (χ4n) is 6.13. The number of hydrogen-bond donors (Lipinski definition) is 0. The number of halogens is 1. The number of Topliss-reactive ketones (excluding diaryl/α,β-unsaturated/α-hetero) is 2. The average molecular weight is 642 g/mol. The number of fused-ring (bicyclic) bond motifs is 3. The highest BCUT2D eigenvalue weighted by atomic mass is 79.9. The Morgan fingerprint density at radius 1 is 0.953 bits per heavy atom. The number of carbonyl (C=O) groups is 4. The molecule has 10 nitrogen and oxygen atoms in total. The number of nitro groups is 1. The highest BCUT2D eigenvalue weighted by molar-refractivity contribution is 9.10. The zero-order valence-electron chi connectivity index (χ0n) is 23.0. The number of nitro benzene ring substituents is 1. The molecule has 3 aliphatic rings. The highest BCUT2D eigenvalue weighted by Gasteiger charge is 2.63. The Balaban J connectivity index is 1.46. The summed E-state index contributed by atoms with van der Waals surface area (Å²) < 4.78 is 5.83. The normalized spacial score (nSPS) is 22.3. The molecule has 0 N–H and O–H groups in total. The van der Waals surface area contributed by atoms with Crippen LogP contribution >= 0.6 is 15.9 Å². The van der Waals surface area contributed by atoms with Crippen molar-refractivity contribution in [3.8, 4) is 5.75 Å². The summed E-state index contributed by atoms with van der Waals surface area (Å²) in [5, 5.41) is 11.5. The molecule has 43 heavy (non-hydrogen) atoms. The van der Waals surface area contributed by atoms with Crippen molar-refractivity contribution in [1.29, 1.82) is 0 Å². The number of rotatable bonds is 7. The van der Waals surface area contributed by atoms with Crippen LogP contribution in [0.5, 0.6) is 5.75 Å². The van der Waals surface area contributed by atoms with E-state index in [1.54, 1.807) is 78.7 Å². The van der Waals surface area contributed by atoms with Gasteiger partial charge in [-0.1, -0.05) is 42.5 Å². The van der Waals surface area contributed by atoms with Crippen molar-refractivity contribution in [2.24, 2.45) is 11.8 Å². The van der Waals surface area contributed by atoms with E-state index in [0.717, 1.165) is 4.90 Å². The van der Waals surface area contributed by atoms with Gasteiger partial charge in [-0.3, -0.25) is 29.3 Å². The molecule has 0 radical (unpaired) electrons. The van der Waals surface area contributed by atoms with Crippen LogP contribution in [0.3, 0.4) is 0 Å². The lowest BCUT2D eigenvalue weighted by Crippen LogP contribution is -2.46. The van der Waals surface area contributed by atoms with Crippen molar-refractivity contribution >= 4 is 50.7 Å². The van der Waals surface area contributed by atoms with Crippen molar-refractivity contribution in [2.45, 2.75) is 19.0 Å². The number of ketones is 2. The zero-order chi connectivity index (χ0) is 30.6. The quantitative estimate of drug-likeness (QED) is 0.152. The molecule has 0 spiro atoms. The Kier molecular flexibility index (Phi) is 7.05. The molecule has 0 aliphatic carbocycles. The van der Waals surface area contributed by atoms with E-state index in [9.17, 15) is 29.3 Å². The minimum Gasteiger partial charge on any atom is -0.496 e. The SMILES string of the molecule is COc1ccc(C(=O)C2C3C(=O)N(c4cc([N+](=O)[O-])ccc4C)C(=O)C3C3C=C(C(=O)c4ccccc4)C=CN32)cc1Br. The molecule has 2 saturated heterocycles. The molecule has 3 aliphatic heterocycles. The van der Waals surface area contributed by atoms with Gasteiger partial charge in [-0.05, 0) is 52.7 Å². The topological polar surface area (TPSA) is 127 Å². The van der Waals surface area contributed by atoms with Gasteiger partial charge in [-0.25, -0.2) is 4.90 Å². The largest absolute Gasteiger partial charge is 0.496 e. The van der Waals surface area contributed by atoms with Crippen LogP contribution in [0.1, 0.15) is 26.3 Å². The van der Waals surface area contributed by atoms with Gasteiger partial charge in [0.15, 0.2) is 11.6 Å². The molecule has 4 unspecified atom stereocenters. The first kappa shape index (κ1) is 28.2. The molecular formula is C32H24BrN3O7. The Bertz CT molecular complexity index is 1780. The molecule has 0 saturated carbocycles. The van der Waals surface area contributed by atoms with Gasteiger partial charge in [0.25, 0.3) is 5.69 Å². The summed E-state index contributed by atoms with van der Waals surface area (Å²) in [6.07, 6.45) is 4.83. The summed E-state index contributed by atoms with van der Waals surface area (Å²) in [7, 11) is 1.50. The molecule has 6 rings (SSSR count). The molecular weight excluding hydrogens is 618 g/mol. The van der Waals surface area contributed by atoms with Gasteiger partial charge in [0.05, 0.1) is 40.1 Å². The van der Waals surface area contributed by atoms with E-state index in [1.165, 1.54) is 25.3 Å². The van der Waals surface area contributed by atoms with Crippen LogP contribution < -0.4 is 9.64 Å². The number of imide groups is 1. The van der Waals surface area contributed by atoms with Crippen LogP contribution in [0.25, 0.3) is 0 Å². The Morgan fingerprint density at radius 3 is 2.35 bits per heavy atom. The number of carbonyl (C=O) groups excluding carboxylic acids is 4. The van der Waals surface area contributed by atoms with E-state index in [0.29, 0.717) is 32.5 Å². The summed E-state index contributed by atoms with van der Waals surface area (Å²) in [5.41, 5.74) is 1.40. The summed E-state index contributed by atoms with van der Waals surface area (Å²) >= 11 is 3.41. The summed E-state index contributed by atoms with van der Waals surface area (Å²) in [4.78, 5) is 69.3. The maximum Gasteiger partial charge on any atom is 0.271 e. The number of methoxy groups -OCH3 is 1. The molecule has 3 heterocycles. The van der Waals surface area contributed by atoms with Crippen LogP contribution in [0.15, 0.2) is 95.1 Å². The lowest BCUT2D eigenvalue weighted by atomic mass is 9.85. The van der Waals surface area contributed by atoms with Crippen LogP contribution in [0.4, 0.5) is 11.4 Å². The number of non-ortho nitro benzene ring substituents is 1. The maximum absolute atomic E-state index is 14.1. The second-order valence-corrected chi connectivity index (χ2v) is 11.4. The van der Waals surface area contributed by atoms with E-state index in [4.69, 9.17) is 4.74 Å². The van der Waals surface area contributed by atoms with Gasteiger partial charge >= 0.3 is 0 Å². The van der Waals surface area contributed by atoms with Gasteiger partial charge in [0.1, 0.15) is 11.8 Å². The predicted octanol–water partition coefficient (Wildman–Crippen LogP) is 5.05. The third-order valence-electron chi connectivity index (χ3n) is 8.20. The lowest BCUT2D eigenvalue weighted by molar-refractivity contribution is -0.384. The van der Waals surface area contributed by atoms with E-state index >= 15 is 0 Å². The molecule has 3 aromatic rings. The zero-order valence-corrected chi connectivity index (χ0v) is 24.6. The first-order valence-corrected chi connectivity index (χ1v) is 14.2. The van der Waals surface area contributed by atoms with Crippen LogP contribution in [0.2, 0.25) is 0 Å². The molecule has 2 amide bonds. The number of nitrogens with zero attached hydrogens (tertiary/aromatic N) is 3.